The van der Waals surface area contributed by atoms with Gasteiger partial charge >= 0.3 is 0 Å². The standard InChI is InChI=1S/C21H25N5O2/c1-6-7-26-19-13(4)8-16(23-17(19)10-22-26)14-9-15-18(24-20(14)28-5)11-25(12(2)3)21(15)27/h8-10,12H,6-7,11H2,1-5H3. The Kier molecular flexibility index (Phi) is 4.53. The van der Waals surface area contributed by atoms with Gasteiger partial charge in [-0.1, -0.05) is 6.92 Å². The summed E-state index contributed by atoms with van der Waals surface area (Å²) >= 11 is 0. The van der Waals surface area contributed by atoms with Gasteiger partial charge in [-0.15, -0.1) is 0 Å². The molecule has 4 heterocycles. The van der Waals surface area contributed by atoms with E-state index in [1.54, 1.807) is 13.3 Å². The molecule has 0 N–H and O–H groups in total. The van der Waals surface area contributed by atoms with Gasteiger partial charge in [-0.2, -0.15) is 5.10 Å². The first kappa shape index (κ1) is 18.4. The van der Waals surface area contributed by atoms with E-state index in [-0.39, 0.29) is 11.9 Å². The number of amides is 1. The number of carbonyl (C=O) groups is 1. The number of pyridine rings is 2. The Morgan fingerprint density at radius 1 is 1.21 bits per heavy atom. The van der Waals surface area contributed by atoms with E-state index in [2.05, 4.69) is 23.9 Å². The first-order chi connectivity index (χ1) is 13.4. The summed E-state index contributed by atoms with van der Waals surface area (Å²) in [4.78, 5) is 24.0. The highest BCUT2D eigenvalue weighted by molar-refractivity contribution is 5.99. The molecule has 0 spiro atoms. The normalized spacial score (nSPS) is 13.6. The smallest absolute Gasteiger partial charge is 0.256 e. The lowest BCUT2D eigenvalue weighted by atomic mass is 10.1. The topological polar surface area (TPSA) is 73.1 Å². The van der Waals surface area contributed by atoms with E-state index >= 15 is 0 Å². The highest BCUT2D eigenvalue weighted by Crippen LogP contribution is 2.35. The molecular weight excluding hydrogens is 354 g/mol. The Morgan fingerprint density at radius 3 is 2.68 bits per heavy atom. The molecule has 0 aliphatic carbocycles. The number of hydrogen-bond acceptors (Lipinski definition) is 5. The highest BCUT2D eigenvalue weighted by Gasteiger charge is 2.32. The summed E-state index contributed by atoms with van der Waals surface area (Å²) in [6.45, 7) is 9.57. The van der Waals surface area contributed by atoms with Crippen LogP contribution in [0.15, 0.2) is 18.3 Å². The lowest BCUT2D eigenvalue weighted by Gasteiger charge is -2.19. The summed E-state index contributed by atoms with van der Waals surface area (Å²) in [6.07, 6.45) is 2.80. The number of aromatic nitrogens is 4. The van der Waals surface area contributed by atoms with Crippen molar-refractivity contribution in [2.45, 2.75) is 53.2 Å². The largest absolute Gasteiger partial charge is 0.480 e. The predicted molar refractivity (Wildman–Crippen MR) is 107 cm³/mol. The molecule has 1 amide bonds. The quantitative estimate of drug-likeness (QED) is 0.677. The number of carbonyl (C=O) groups excluding carboxylic acids is 1. The van der Waals surface area contributed by atoms with Crippen molar-refractivity contribution in [3.8, 4) is 17.1 Å². The maximum absolute atomic E-state index is 12.8. The summed E-state index contributed by atoms with van der Waals surface area (Å²) in [6, 6.07) is 4.01. The van der Waals surface area contributed by atoms with E-state index in [9.17, 15) is 4.79 Å². The van der Waals surface area contributed by atoms with Crippen LogP contribution in [0.2, 0.25) is 0 Å². The fourth-order valence-corrected chi connectivity index (χ4v) is 3.80. The van der Waals surface area contributed by atoms with Gasteiger partial charge in [0.25, 0.3) is 5.91 Å². The molecule has 1 aliphatic heterocycles. The maximum Gasteiger partial charge on any atom is 0.256 e. The van der Waals surface area contributed by atoms with Crippen molar-refractivity contribution in [2.75, 3.05) is 7.11 Å². The summed E-state index contributed by atoms with van der Waals surface area (Å²) < 4.78 is 7.54. The van der Waals surface area contributed by atoms with E-state index < -0.39 is 0 Å². The van der Waals surface area contributed by atoms with Crippen LogP contribution in [0.25, 0.3) is 22.3 Å². The molecular formula is C21H25N5O2. The van der Waals surface area contributed by atoms with Gasteiger partial charge in [0.15, 0.2) is 0 Å². The van der Waals surface area contributed by atoms with Crippen LogP contribution < -0.4 is 4.74 Å². The van der Waals surface area contributed by atoms with Gasteiger partial charge < -0.3 is 9.64 Å². The molecule has 7 heteroatoms. The fourth-order valence-electron chi connectivity index (χ4n) is 3.80. The van der Waals surface area contributed by atoms with Crippen molar-refractivity contribution in [1.29, 1.82) is 0 Å². The van der Waals surface area contributed by atoms with Gasteiger partial charge in [0.05, 0.1) is 47.9 Å². The molecule has 0 bridgehead atoms. The van der Waals surface area contributed by atoms with Crippen molar-refractivity contribution in [2.24, 2.45) is 0 Å². The monoisotopic (exact) mass is 379 g/mol. The second-order valence-electron chi connectivity index (χ2n) is 7.49. The van der Waals surface area contributed by atoms with E-state index in [1.165, 1.54) is 0 Å². The van der Waals surface area contributed by atoms with Crippen LogP contribution >= 0.6 is 0 Å². The molecule has 146 valence electrons. The van der Waals surface area contributed by atoms with Gasteiger partial charge in [-0.25, -0.2) is 9.97 Å². The third kappa shape index (κ3) is 2.82. The van der Waals surface area contributed by atoms with Crippen LogP contribution in [0.1, 0.15) is 48.8 Å². The summed E-state index contributed by atoms with van der Waals surface area (Å²) in [7, 11) is 1.60. The van der Waals surface area contributed by atoms with Crippen molar-refractivity contribution in [3.05, 3.63) is 35.2 Å². The second-order valence-corrected chi connectivity index (χ2v) is 7.49. The van der Waals surface area contributed by atoms with Crippen LogP contribution in [0.4, 0.5) is 0 Å². The molecule has 0 saturated carbocycles. The minimum absolute atomic E-state index is 0.00923. The molecule has 1 aliphatic rings. The van der Waals surface area contributed by atoms with Crippen LogP contribution in [0.5, 0.6) is 5.88 Å². The van der Waals surface area contributed by atoms with Crippen molar-refractivity contribution < 1.29 is 9.53 Å². The molecule has 4 rings (SSSR count). The maximum atomic E-state index is 12.8. The number of ether oxygens (including phenoxy) is 1. The van der Waals surface area contributed by atoms with Gasteiger partial charge in [0.2, 0.25) is 5.88 Å². The third-order valence-electron chi connectivity index (χ3n) is 5.19. The van der Waals surface area contributed by atoms with Gasteiger partial charge in [-0.3, -0.25) is 9.48 Å². The molecule has 0 radical (unpaired) electrons. The molecule has 0 fully saturated rings. The zero-order valence-corrected chi connectivity index (χ0v) is 17.0. The Labute approximate surface area is 164 Å². The number of methoxy groups -OCH3 is 1. The molecule has 0 aromatic carbocycles. The lowest BCUT2D eigenvalue weighted by Crippen LogP contribution is -2.30. The Balaban J connectivity index is 1.85. The minimum Gasteiger partial charge on any atom is -0.480 e. The SMILES string of the molecule is CCCn1ncc2nc(-c3cc4c(nc3OC)CN(C(C)C)C4=O)cc(C)c21. The van der Waals surface area contributed by atoms with Crippen molar-refractivity contribution >= 4 is 16.9 Å². The third-order valence-corrected chi connectivity index (χ3v) is 5.19. The van der Waals surface area contributed by atoms with E-state index in [4.69, 9.17) is 9.72 Å². The van der Waals surface area contributed by atoms with Crippen LogP contribution in [-0.2, 0) is 13.1 Å². The summed E-state index contributed by atoms with van der Waals surface area (Å²) in [5.74, 6) is 0.499. The van der Waals surface area contributed by atoms with Gasteiger partial charge in [-0.05, 0) is 44.9 Å². The predicted octanol–water partition coefficient (Wildman–Crippen LogP) is 3.58. The molecule has 28 heavy (non-hydrogen) atoms. The zero-order chi connectivity index (χ0) is 20.0. The Hall–Kier alpha value is -2.96. The van der Waals surface area contributed by atoms with E-state index in [0.717, 1.165) is 46.5 Å². The second kappa shape index (κ2) is 6.89. The molecule has 0 saturated heterocycles. The van der Waals surface area contributed by atoms with Crippen LogP contribution in [0.3, 0.4) is 0 Å². The van der Waals surface area contributed by atoms with Crippen LogP contribution in [-0.4, -0.2) is 43.7 Å². The number of aryl methyl sites for hydroxylation is 2. The van der Waals surface area contributed by atoms with E-state index in [0.29, 0.717) is 18.0 Å². The van der Waals surface area contributed by atoms with Gasteiger partial charge in [0.1, 0.15) is 5.52 Å². The molecule has 7 nitrogen and oxygen atoms in total. The molecule has 3 aromatic heterocycles. The average Bonchev–Trinajstić information content (AvgIpc) is 3.22. The highest BCUT2D eigenvalue weighted by atomic mass is 16.5. The van der Waals surface area contributed by atoms with Crippen LogP contribution in [0, 0.1) is 6.92 Å². The van der Waals surface area contributed by atoms with Crippen molar-refractivity contribution in [3.63, 3.8) is 0 Å². The summed E-state index contributed by atoms with van der Waals surface area (Å²) in [5, 5.41) is 4.47. The Morgan fingerprint density at radius 2 is 2.00 bits per heavy atom. The lowest BCUT2D eigenvalue weighted by molar-refractivity contribution is 0.0730. The first-order valence-electron chi connectivity index (χ1n) is 9.67. The molecule has 0 unspecified atom stereocenters. The van der Waals surface area contributed by atoms with Crippen molar-refractivity contribution in [1.82, 2.24) is 24.6 Å². The minimum atomic E-state index is 0.00923. The summed E-state index contributed by atoms with van der Waals surface area (Å²) in [5.41, 5.74) is 5.82. The zero-order valence-electron chi connectivity index (χ0n) is 17.0. The number of hydrogen-bond donors (Lipinski definition) is 0. The number of nitrogens with zero attached hydrogens (tertiary/aromatic N) is 5. The average molecular weight is 379 g/mol. The Bertz CT molecular complexity index is 1070. The van der Waals surface area contributed by atoms with E-state index in [1.807, 2.05) is 35.6 Å². The van der Waals surface area contributed by atoms with Gasteiger partial charge in [0, 0.05) is 12.6 Å². The molecule has 0 atom stereocenters. The first-order valence-corrected chi connectivity index (χ1v) is 9.67. The number of rotatable bonds is 5. The fraction of sp³-hybridized carbons (Fsp3) is 0.429. The molecule has 3 aromatic rings. The number of fused-ring (bicyclic) bond motifs is 2.